The fourth-order valence-electron chi connectivity index (χ4n) is 2.47. The summed E-state index contributed by atoms with van der Waals surface area (Å²) in [7, 11) is 0. The van der Waals surface area contributed by atoms with Gasteiger partial charge in [0.15, 0.2) is 0 Å². The second-order valence-corrected chi connectivity index (χ2v) is 5.16. The summed E-state index contributed by atoms with van der Waals surface area (Å²) >= 11 is 0. The van der Waals surface area contributed by atoms with E-state index in [4.69, 9.17) is 0 Å². The Kier molecular flexibility index (Phi) is 5.26. The number of hydrogen-bond acceptors (Lipinski definition) is 2. The van der Waals surface area contributed by atoms with Gasteiger partial charge < -0.3 is 10.0 Å². The van der Waals surface area contributed by atoms with Crippen LogP contribution in [0.2, 0.25) is 0 Å². The largest absolute Gasteiger partial charge is 0.394 e. The molecule has 1 N–H and O–H groups in total. The Bertz CT molecular complexity index is 230. The molecule has 3 heteroatoms. The van der Waals surface area contributed by atoms with Crippen LogP contribution in [0, 0.1) is 11.8 Å². The fourth-order valence-corrected chi connectivity index (χ4v) is 2.47. The van der Waals surface area contributed by atoms with Crippen molar-refractivity contribution in [3.63, 3.8) is 0 Å². The summed E-state index contributed by atoms with van der Waals surface area (Å²) < 4.78 is 0. The van der Waals surface area contributed by atoms with Crippen LogP contribution < -0.4 is 0 Å². The van der Waals surface area contributed by atoms with Crippen molar-refractivity contribution in [3.8, 4) is 0 Å². The minimum Gasteiger partial charge on any atom is -0.394 e. The Morgan fingerprint density at radius 3 is 2.75 bits per heavy atom. The number of aliphatic hydroxyl groups excluding tert-OH is 1. The lowest BCUT2D eigenvalue weighted by Crippen LogP contribution is -2.41. The van der Waals surface area contributed by atoms with Crippen LogP contribution in [0.4, 0.5) is 0 Å². The third kappa shape index (κ3) is 3.21. The molecule has 1 rings (SSSR count). The Morgan fingerprint density at radius 1 is 1.50 bits per heavy atom. The van der Waals surface area contributed by atoms with Gasteiger partial charge in [0.25, 0.3) is 0 Å². The topological polar surface area (TPSA) is 40.5 Å². The first kappa shape index (κ1) is 13.5. The van der Waals surface area contributed by atoms with E-state index in [9.17, 15) is 9.90 Å². The molecule has 0 radical (unpaired) electrons. The summed E-state index contributed by atoms with van der Waals surface area (Å²) in [5, 5.41) is 9.20. The molecule has 0 unspecified atom stereocenters. The summed E-state index contributed by atoms with van der Waals surface area (Å²) in [6.45, 7) is 7.31. The second kappa shape index (κ2) is 6.24. The van der Waals surface area contributed by atoms with Crippen LogP contribution in [0.3, 0.4) is 0 Å². The van der Waals surface area contributed by atoms with Crippen molar-refractivity contribution in [2.75, 3.05) is 13.2 Å². The van der Waals surface area contributed by atoms with Crippen molar-refractivity contribution >= 4 is 5.91 Å². The van der Waals surface area contributed by atoms with Gasteiger partial charge >= 0.3 is 0 Å². The highest BCUT2D eigenvalue weighted by atomic mass is 16.3. The van der Waals surface area contributed by atoms with Crippen LogP contribution in [0.25, 0.3) is 0 Å². The molecule has 0 aromatic heterocycles. The molecule has 3 nitrogen and oxygen atoms in total. The van der Waals surface area contributed by atoms with Crippen LogP contribution in [0.1, 0.15) is 46.5 Å². The first-order chi connectivity index (χ1) is 7.60. The normalized spacial score (nSPS) is 24.5. The molecular weight excluding hydrogens is 202 g/mol. The van der Waals surface area contributed by atoms with Gasteiger partial charge in [0.2, 0.25) is 5.91 Å². The van der Waals surface area contributed by atoms with Gasteiger partial charge in [-0.3, -0.25) is 4.79 Å². The van der Waals surface area contributed by atoms with Gasteiger partial charge in [-0.25, -0.2) is 0 Å². The lowest BCUT2D eigenvalue weighted by atomic mass is 9.94. The molecule has 1 amide bonds. The molecule has 1 aliphatic heterocycles. The number of aliphatic hydroxyl groups is 1. The summed E-state index contributed by atoms with van der Waals surface area (Å²) in [6.07, 6.45) is 4.08. The van der Waals surface area contributed by atoms with Crippen LogP contribution in [0.5, 0.6) is 0 Å². The molecule has 0 spiro atoms. The molecule has 1 heterocycles. The van der Waals surface area contributed by atoms with E-state index in [1.165, 1.54) is 0 Å². The maximum Gasteiger partial charge on any atom is 0.225 e. The molecule has 0 aromatic rings. The average molecular weight is 227 g/mol. The van der Waals surface area contributed by atoms with Crippen LogP contribution in [-0.4, -0.2) is 35.1 Å². The highest BCUT2D eigenvalue weighted by Gasteiger charge is 2.30. The molecule has 0 bridgehead atoms. The number of hydrogen-bond donors (Lipinski definition) is 1. The van der Waals surface area contributed by atoms with E-state index in [1.807, 2.05) is 11.8 Å². The Balaban J connectivity index is 2.49. The highest BCUT2D eigenvalue weighted by molar-refractivity contribution is 5.79. The number of nitrogens with zero attached hydrogens (tertiary/aromatic N) is 1. The Morgan fingerprint density at radius 2 is 2.19 bits per heavy atom. The van der Waals surface area contributed by atoms with Gasteiger partial charge in [-0.2, -0.15) is 0 Å². The van der Waals surface area contributed by atoms with Gasteiger partial charge in [0, 0.05) is 12.5 Å². The van der Waals surface area contributed by atoms with E-state index in [0.29, 0.717) is 5.92 Å². The summed E-state index contributed by atoms with van der Waals surface area (Å²) in [6, 6.07) is 0.0758. The maximum atomic E-state index is 12.2. The number of carbonyl (C=O) groups is 1. The molecule has 94 valence electrons. The van der Waals surface area contributed by atoms with E-state index in [0.717, 1.165) is 32.2 Å². The molecule has 16 heavy (non-hydrogen) atoms. The van der Waals surface area contributed by atoms with Crippen molar-refractivity contribution in [2.24, 2.45) is 11.8 Å². The quantitative estimate of drug-likeness (QED) is 0.781. The smallest absolute Gasteiger partial charge is 0.225 e. The zero-order chi connectivity index (χ0) is 12.1. The predicted octanol–water partition coefficient (Wildman–Crippen LogP) is 2.04. The first-order valence-corrected chi connectivity index (χ1v) is 6.51. The minimum absolute atomic E-state index is 0.0758. The maximum absolute atomic E-state index is 12.2. The van der Waals surface area contributed by atoms with E-state index in [-0.39, 0.29) is 24.5 Å². The third-order valence-electron chi connectivity index (χ3n) is 3.75. The van der Waals surface area contributed by atoms with E-state index < -0.39 is 0 Å². The van der Waals surface area contributed by atoms with Gasteiger partial charge in [0.1, 0.15) is 0 Å². The van der Waals surface area contributed by atoms with Crippen molar-refractivity contribution in [1.82, 2.24) is 4.90 Å². The van der Waals surface area contributed by atoms with Crippen molar-refractivity contribution in [2.45, 2.75) is 52.5 Å². The SMILES string of the molecule is CC[C@@H](C)C[C@H](C)C(=O)N1CCC[C@H]1CO. The molecule has 3 atom stereocenters. The molecule has 0 aliphatic carbocycles. The van der Waals surface area contributed by atoms with Gasteiger partial charge in [0.05, 0.1) is 12.6 Å². The van der Waals surface area contributed by atoms with Crippen molar-refractivity contribution in [3.05, 3.63) is 0 Å². The van der Waals surface area contributed by atoms with Crippen molar-refractivity contribution in [1.29, 1.82) is 0 Å². The van der Waals surface area contributed by atoms with E-state index >= 15 is 0 Å². The monoisotopic (exact) mass is 227 g/mol. The van der Waals surface area contributed by atoms with E-state index in [1.54, 1.807) is 0 Å². The van der Waals surface area contributed by atoms with Crippen LogP contribution in [-0.2, 0) is 4.79 Å². The van der Waals surface area contributed by atoms with Crippen LogP contribution >= 0.6 is 0 Å². The number of carbonyl (C=O) groups excluding carboxylic acids is 1. The highest BCUT2D eigenvalue weighted by Crippen LogP contribution is 2.23. The minimum atomic E-state index is 0.0758. The summed E-state index contributed by atoms with van der Waals surface area (Å²) in [4.78, 5) is 14.1. The molecule has 0 aromatic carbocycles. The van der Waals surface area contributed by atoms with E-state index in [2.05, 4.69) is 13.8 Å². The number of amides is 1. The average Bonchev–Trinajstić information content (AvgIpc) is 2.75. The molecule has 1 saturated heterocycles. The predicted molar refractivity (Wildman–Crippen MR) is 65.1 cm³/mol. The third-order valence-corrected chi connectivity index (χ3v) is 3.75. The number of rotatable bonds is 5. The standard InChI is InChI=1S/C13H25NO2/c1-4-10(2)8-11(3)13(16)14-7-5-6-12(14)9-15/h10-12,15H,4-9H2,1-3H3/t10-,11+,12+/m1/s1. The first-order valence-electron chi connectivity index (χ1n) is 6.51. The zero-order valence-electron chi connectivity index (χ0n) is 10.8. The molecular formula is C13H25NO2. The Labute approximate surface area is 98.8 Å². The number of likely N-dealkylation sites (tertiary alicyclic amines) is 1. The Hall–Kier alpha value is -0.570. The second-order valence-electron chi connectivity index (χ2n) is 5.16. The lowest BCUT2D eigenvalue weighted by molar-refractivity contribution is -0.137. The summed E-state index contributed by atoms with van der Waals surface area (Å²) in [5.74, 6) is 0.938. The van der Waals surface area contributed by atoms with Crippen LogP contribution in [0.15, 0.2) is 0 Å². The van der Waals surface area contributed by atoms with Gasteiger partial charge in [-0.15, -0.1) is 0 Å². The molecule has 0 saturated carbocycles. The molecule has 1 aliphatic rings. The van der Waals surface area contributed by atoms with Gasteiger partial charge in [-0.1, -0.05) is 27.2 Å². The van der Waals surface area contributed by atoms with Crippen molar-refractivity contribution < 1.29 is 9.90 Å². The zero-order valence-corrected chi connectivity index (χ0v) is 10.8. The summed E-state index contributed by atoms with van der Waals surface area (Å²) in [5.41, 5.74) is 0. The van der Waals surface area contributed by atoms with Gasteiger partial charge in [-0.05, 0) is 25.2 Å². The fraction of sp³-hybridized carbons (Fsp3) is 0.923. The lowest BCUT2D eigenvalue weighted by Gasteiger charge is -2.27. The molecule has 1 fully saturated rings.